The second kappa shape index (κ2) is 9.69. The minimum atomic E-state index is 0.621. The highest BCUT2D eigenvalue weighted by Crippen LogP contribution is 2.42. The van der Waals surface area contributed by atoms with E-state index in [4.69, 9.17) is 9.97 Å². The maximum Gasteiger partial charge on any atom is 0.131 e. The molecule has 0 aromatic carbocycles. The van der Waals surface area contributed by atoms with Crippen molar-refractivity contribution in [2.24, 2.45) is 11.8 Å². The average molecular weight is 343 g/mol. The Hall–Kier alpha value is -0.920. The molecule has 0 aliphatic heterocycles. The molecule has 2 saturated carbocycles. The molecule has 0 radical (unpaired) electrons. The summed E-state index contributed by atoms with van der Waals surface area (Å²) in [4.78, 5) is 9.90. The molecule has 0 atom stereocenters. The molecular weight excluding hydrogens is 304 g/mol. The third kappa shape index (κ3) is 5.05. The Balaban J connectivity index is 1.61. The summed E-state index contributed by atoms with van der Waals surface area (Å²) in [7, 11) is 0. The van der Waals surface area contributed by atoms with Gasteiger partial charge in [-0.25, -0.2) is 9.97 Å². The van der Waals surface area contributed by atoms with Gasteiger partial charge in [0, 0.05) is 17.8 Å². The third-order valence-electron chi connectivity index (χ3n) is 6.71. The van der Waals surface area contributed by atoms with E-state index < -0.39 is 0 Å². The molecule has 0 saturated heterocycles. The van der Waals surface area contributed by atoms with Crippen LogP contribution in [0, 0.1) is 11.8 Å². The van der Waals surface area contributed by atoms with Crippen LogP contribution in [0.4, 0.5) is 0 Å². The van der Waals surface area contributed by atoms with E-state index in [1.54, 1.807) is 0 Å². The van der Waals surface area contributed by atoms with Crippen LogP contribution in [-0.4, -0.2) is 9.97 Å². The fraction of sp³-hybridized carbons (Fsp3) is 0.826. The molecule has 3 rings (SSSR count). The Morgan fingerprint density at radius 2 is 1.56 bits per heavy atom. The van der Waals surface area contributed by atoms with Gasteiger partial charge in [-0.05, 0) is 62.3 Å². The van der Waals surface area contributed by atoms with E-state index in [-0.39, 0.29) is 0 Å². The minimum Gasteiger partial charge on any atom is -0.241 e. The standard InChI is InChI=1S/C23H38N2/c1-3-5-12-22-21(9-4-2)17-24-23(25-22)20-15-13-19(14-16-20)18-10-7-6-8-11-18/h17-20H,3-16H2,1-2H3/t19-,20-. The molecule has 2 nitrogen and oxygen atoms in total. The normalized spacial score (nSPS) is 25.2. The van der Waals surface area contributed by atoms with Gasteiger partial charge < -0.3 is 0 Å². The molecule has 0 bridgehead atoms. The van der Waals surface area contributed by atoms with Crippen molar-refractivity contribution in [3.63, 3.8) is 0 Å². The van der Waals surface area contributed by atoms with Crippen LogP contribution in [0.1, 0.15) is 114 Å². The lowest BCUT2D eigenvalue weighted by Crippen LogP contribution is -2.24. The van der Waals surface area contributed by atoms with Gasteiger partial charge in [0.15, 0.2) is 0 Å². The van der Waals surface area contributed by atoms with Crippen LogP contribution < -0.4 is 0 Å². The molecule has 0 unspecified atom stereocenters. The first kappa shape index (κ1) is 18.9. The predicted molar refractivity (Wildman–Crippen MR) is 106 cm³/mol. The van der Waals surface area contributed by atoms with Crippen LogP contribution in [-0.2, 0) is 12.8 Å². The molecule has 1 aromatic rings. The summed E-state index contributed by atoms with van der Waals surface area (Å²) < 4.78 is 0. The largest absolute Gasteiger partial charge is 0.241 e. The van der Waals surface area contributed by atoms with Gasteiger partial charge >= 0.3 is 0 Å². The van der Waals surface area contributed by atoms with Crippen LogP contribution in [0.5, 0.6) is 0 Å². The average Bonchev–Trinajstić information content (AvgIpc) is 2.68. The molecule has 25 heavy (non-hydrogen) atoms. The van der Waals surface area contributed by atoms with Crippen molar-refractivity contribution >= 4 is 0 Å². The molecular formula is C23H38N2. The maximum absolute atomic E-state index is 5.08. The van der Waals surface area contributed by atoms with Gasteiger partial charge in [-0.2, -0.15) is 0 Å². The van der Waals surface area contributed by atoms with Gasteiger partial charge in [-0.15, -0.1) is 0 Å². The topological polar surface area (TPSA) is 25.8 Å². The summed E-state index contributed by atoms with van der Waals surface area (Å²) in [6, 6.07) is 0. The van der Waals surface area contributed by atoms with Gasteiger partial charge in [-0.1, -0.05) is 58.8 Å². The lowest BCUT2D eigenvalue weighted by Gasteiger charge is -2.35. The molecule has 0 amide bonds. The fourth-order valence-electron chi connectivity index (χ4n) is 5.15. The Morgan fingerprint density at radius 1 is 0.840 bits per heavy atom. The Bertz CT molecular complexity index is 511. The second-order valence-electron chi connectivity index (χ2n) is 8.56. The molecule has 140 valence electrons. The van der Waals surface area contributed by atoms with Crippen molar-refractivity contribution in [1.82, 2.24) is 9.97 Å². The van der Waals surface area contributed by atoms with Crippen LogP contribution in [0.25, 0.3) is 0 Å². The van der Waals surface area contributed by atoms with Crippen molar-refractivity contribution in [2.45, 2.75) is 110 Å². The van der Waals surface area contributed by atoms with Gasteiger partial charge in [0.05, 0.1) is 0 Å². The molecule has 1 aromatic heterocycles. The summed E-state index contributed by atoms with van der Waals surface area (Å²) in [6.45, 7) is 4.53. The van der Waals surface area contributed by atoms with E-state index in [9.17, 15) is 0 Å². The summed E-state index contributed by atoms with van der Waals surface area (Å²) >= 11 is 0. The number of hydrogen-bond donors (Lipinski definition) is 0. The summed E-state index contributed by atoms with van der Waals surface area (Å²) in [5.74, 6) is 3.81. The van der Waals surface area contributed by atoms with Crippen LogP contribution in [0.3, 0.4) is 0 Å². The molecule has 0 N–H and O–H groups in total. The highest BCUT2D eigenvalue weighted by molar-refractivity contribution is 5.19. The number of aryl methyl sites for hydroxylation is 2. The Kier molecular flexibility index (Phi) is 7.31. The van der Waals surface area contributed by atoms with Crippen LogP contribution in [0.2, 0.25) is 0 Å². The van der Waals surface area contributed by atoms with E-state index in [0.29, 0.717) is 5.92 Å². The van der Waals surface area contributed by atoms with Gasteiger partial charge in [-0.3, -0.25) is 0 Å². The smallest absolute Gasteiger partial charge is 0.131 e. The zero-order valence-corrected chi connectivity index (χ0v) is 16.6. The minimum absolute atomic E-state index is 0.621. The predicted octanol–water partition coefficient (Wildman–Crippen LogP) is 6.63. The highest BCUT2D eigenvalue weighted by atomic mass is 14.9. The molecule has 2 aliphatic carbocycles. The molecule has 1 heterocycles. The zero-order valence-electron chi connectivity index (χ0n) is 16.6. The molecule has 2 aliphatic rings. The number of rotatable bonds is 7. The lowest BCUT2D eigenvalue weighted by molar-refractivity contribution is 0.184. The van der Waals surface area contributed by atoms with Crippen molar-refractivity contribution in [1.29, 1.82) is 0 Å². The molecule has 2 heteroatoms. The molecule has 0 spiro atoms. The van der Waals surface area contributed by atoms with Crippen molar-refractivity contribution in [3.05, 3.63) is 23.3 Å². The molecule has 2 fully saturated rings. The van der Waals surface area contributed by atoms with E-state index in [0.717, 1.165) is 30.5 Å². The Morgan fingerprint density at radius 3 is 2.24 bits per heavy atom. The SMILES string of the molecule is CCCCc1nc([C@H]2CC[C@H](C3CCCCC3)CC2)ncc1CCC. The van der Waals surface area contributed by atoms with E-state index in [1.807, 2.05) is 0 Å². The van der Waals surface area contributed by atoms with Crippen LogP contribution >= 0.6 is 0 Å². The zero-order chi connectivity index (χ0) is 17.5. The first-order chi connectivity index (χ1) is 12.3. The van der Waals surface area contributed by atoms with E-state index >= 15 is 0 Å². The number of hydrogen-bond acceptors (Lipinski definition) is 2. The highest BCUT2D eigenvalue weighted by Gasteiger charge is 2.30. The quantitative estimate of drug-likeness (QED) is 0.556. The Labute approximate surface area is 155 Å². The second-order valence-corrected chi connectivity index (χ2v) is 8.56. The number of aromatic nitrogens is 2. The number of unbranched alkanes of at least 4 members (excludes halogenated alkanes) is 1. The van der Waals surface area contributed by atoms with E-state index in [2.05, 4.69) is 20.0 Å². The fourth-order valence-corrected chi connectivity index (χ4v) is 5.15. The first-order valence-electron chi connectivity index (χ1n) is 11.2. The van der Waals surface area contributed by atoms with Crippen molar-refractivity contribution in [3.8, 4) is 0 Å². The summed E-state index contributed by atoms with van der Waals surface area (Å²) in [5.41, 5.74) is 2.75. The van der Waals surface area contributed by atoms with Gasteiger partial charge in [0.1, 0.15) is 5.82 Å². The summed E-state index contributed by atoms with van der Waals surface area (Å²) in [6.07, 6.45) is 21.0. The maximum atomic E-state index is 5.08. The summed E-state index contributed by atoms with van der Waals surface area (Å²) in [5, 5.41) is 0. The van der Waals surface area contributed by atoms with Crippen molar-refractivity contribution in [2.75, 3.05) is 0 Å². The van der Waals surface area contributed by atoms with Gasteiger partial charge in [0.2, 0.25) is 0 Å². The number of nitrogens with zero attached hydrogens (tertiary/aromatic N) is 2. The monoisotopic (exact) mass is 342 g/mol. The van der Waals surface area contributed by atoms with Gasteiger partial charge in [0.25, 0.3) is 0 Å². The first-order valence-corrected chi connectivity index (χ1v) is 11.2. The third-order valence-corrected chi connectivity index (χ3v) is 6.71. The van der Waals surface area contributed by atoms with E-state index in [1.165, 1.54) is 88.3 Å². The van der Waals surface area contributed by atoms with Crippen LogP contribution in [0.15, 0.2) is 6.20 Å². The lowest BCUT2D eigenvalue weighted by atomic mass is 9.71. The van der Waals surface area contributed by atoms with Crippen molar-refractivity contribution < 1.29 is 0 Å².